The van der Waals surface area contributed by atoms with Gasteiger partial charge in [0.1, 0.15) is 5.75 Å². The van der Waals surface area contributed by atoms with Crippen molar-refractivity contribution in [2.45, 2.75) is 32.9 Å². The third-order valence-corrected chi connectivity index (χ3v) is 5.60. The summed E-state index contributed by atoms with van der Waals surface area (Å²) in [5.74, 6) is -0.342. The third kappa shape index (κ3) is 5.37. The summed E-state index contributed by atoms with van der Waals surface area (Å²) < 4.78 is 41.0. The van der Waals surface area contributed by atoms with Crippen LogP contribution in [0, 0.1) is 6.92 Å². The Balaban J connectivity index is 1.50. The Kier molecular flexibility index (Phi) is 6.17. The molecule has 0 aromatic heterocycles. The van der Waals surface area contributed by atoms with Gasteiger partial charge in [-0.3, -0.25) is 4.79 Å². The number of hydrogen-bond acceptors (Lipinski definition) is 3. The molecule has 4 rings (SSSR count). The van der Waals surface area contributed by atoms with Crippen LogP contribution < -0.4 is 4.74 Å². The molecular formula is C26H25F3N2O2. The van der Waals surface area contributed by atoms with Crippen molar-refractivity contribution < 1.29 is 22.7 Å². The van der Waals surface area contributed by atoms with Gasteiger partial charge in [-0.2, -0.15) is 0 Å². The van der Waals surface area contributed by atoms with Crippen molar-refractivity contribution >= 4 is 5.91 Å². The molecule has 3 aromatic rings. The Hall–Kier alpha value is -3.32. The zero-order chi connectivity index (χ0) is 23.8. The number of aryl methyl sites for hydroxylation is 1. The van der Waals surface area contributed by atoms with Crippen LogP contribution in [0.4, 0.5) is 13.2 Å². The van der Waals surface area contributed by atoms with Gasteiger partial charge in [0.15, 0.2) is 0 Å². The van der Waals surface area contributed by atoms with E-state index in [-0.39, 0.29) is 11.7 Å². The summed E-state index contributed by atoms with van der Waals surface area (Å²) in [6, 6.07) is 18.1. The van der Waals surface area contributed by atoms with E-state index in [0.717, 1.165) is 34.4 Å². The highest BCUT2D eigenvalue weighted by atomic mass is 19.4. The van der Waals surface area contributed by atoms with Gasteiger partial charge in [0.2, 0.25) is 0 Å². The summed E-state index contributed by atoms with van der Waals surface area (Å²) in [5, 5.41) is 0. The van der Waals surface area contributed by atoms with Crippen molar-refractivity contribution in [3.8, 4) is 16.9 Å². The first-order chi connectivity index (χ1) is 15.6. The maximum atomic E-state index is 13.0. The van der Waals surface area contributed by atoms with Gasteiger partial charge < -0.3 is 14.5 Å². The van der Waals surface area contributed by atoms with Crippen molar-refractivity contribution in [3.63, 3.8) is 0 Å². The SMILES string of the molecule is Cc1cc(-c2ccc(CN(C)C)cc2)cc2c1C(=O)N(Cc1ccc(OC(F)(F)F)cc1)C2. The quantitative estimate of drug-likeness (QED) is 0.474. The molecule has 0 fully saturated rings. The van der Waals surface area contributed by atoms with Crippen LogP contribution in [-0.2, 0) is 19.6 Å². The van der Waals surface area contributed by atoms with Crippen LogP contribution in [0.3, 0.4) is 0 Å². The molecule has 0 spiro atoms. The number of nitrogens with zero attached hydrogens (tertiary/aromatic N) is 2. The van der Waals surface area contributed by atoms with Crippen molar-refractivity contribution in [1.82, 2.24) is 9.80 Å². The highest BCUT2D eigenvalue weighted by Crippen LogP contribution is 2.33. The molecule has 172 valence electrons. The fourth-order valence-corrected chi connectivity index (χ4v) is 4.21. The Morgan fingerprint density at radius 2 is 1.58 bits per heavy atom. The summed E-state index contributed by atoms with van der Waals surface area (Å²) in [7, 11) is 4.07. The fourth-order valence-electron chi connectivity index (χ4n) is 4.21. The van der Waals surface area contributed by atoms with E-state index in [2.05, 4.69) is 40.0 Å². The number of rotatable bonds is 6. The zero-order valence-electron chi connectivity index (χ0n) is 18.7. The van der Waals surface area contributed by atoms with E-state index in [0.29, 0.717) is 18.7 Å². The van der Waals surface area contributed by atoms with Gasteiger partial charge >= 0.3 is 6.36 Å². The zero-order valence-corrected chi connectivity index (χ0v) is 18.7. The summed E-state index contributed by atoms with van der Waals surface area (Å²) in [6.45, 7) is 3.58. The molecule has 33 heavy (non-hydrogen) atoms. The van der Waals surface area contributed by atoms with Crippen LogP contribution in [-0.4, -0.2) is 36.2 Å². The number of carbonyl (C=O) groups excluding carboxylic acids is 1. The van der Waals surface area contributed by atoms with E-state index in [4.69, 9.17) is 0 Å². The lowest BCUT2D eigenvalue weighted by Gasteiger charge is -2.16. The van der Waals surface area contributed by atoms with Crippen LogP contribution in [0.25, 0.3) is 11.1 Å². The average Bonchev–Trinajstić information content (AvgIpc) is 3.04. The first-order valence-corrected chi connectivity index (χ1v) is 10.6. The van der Waals surface area contributed by atoms with Gasteiger partial charge in [0.05, 0.1) is 0 Å². The van der Waals surface area contributed by atoms with Crippen LogP contribution in [0.1, 0.15) is 32.6 Å². The maximum absolute atomic E-state index is 13.0. The molecule has 0 saturated heterocycles. The third-order valence-electron chi connectivity index (χ3n) is 5.60. The Morgan fingerprint density at radius 3 is 2.18 bits per heavy atom. The lowest BCUT2D eigenvalue weighted by molar-refractivity contribution is -0.274. The average molecular weight is 454 g/mol. The lowest BCUT2D eigenvalue weighted by atomic mass is 9.96. The fraction of sp³-hybridized carbons (Fsp3) is 0.269. The number of benzene rings is 3. The summed E-state index contributed by atoms with van der Waals surface area (Å²) >= 11 is 0. The summed E-state index contributed by atoms with van der Waals surface area (Å²) in [5.41, 5.74) is 6.71. The van der Waals surface area contributed by atoms with Crippen LogP contribution in [0.2, 0.25) is 0 Å². The Labute approximate surface area is 191 Å². The predicted molar refractivity (Wildman–Crippen MR) is 121 cm³/mol. The van der Waals surface area contributed by atoms with Crippen LogP contribution >= 0.6 is 0 Å². The van der Waals surface area contributed by atoms with Crippen molar-refractivity contribution in [3.05, 3.63) is 88.5 Å². The molecule has 0 N–H and O–H groups in total. The monoisotopic (exact) mass is 454 g/mol. The molecule has 0 aliphatic carbocycles. The van der Waals surface area contributed by atoms with Crippen molar-refractivity contribution in [2.75, 3.05) is 14.1 Å². The number of hydrogen-bond donors (Lipinski definition) is 0. The molecule has 1 heterocycles. The minimum Gasteiger partial charge on any atom is -0.406 e. The van der Waals surface area contributed by atoms with Gasteiger partial charge in [-0.05, 0) is 72.6 Å². The maximum Gasteiger partial charge on any atom is 0.573 e. The molecule has 0 bridgehead atoms. The van der Waals surface area contributed by atoms with Crippen molar-refractivity contribution in [2.24, 2.45) is 0 Å². The minimum atomic E-state index is -4.73. The second-order valence-corrected chi connectivity index (χ2v) is 8.61. The van der Waals surface area contributed by atoms with Gasteiger partial charge in [-0.25, -0.2) is 0 Å². The highest BCUT2D eigenvalue weighted by Gasteiger charge is 2.31. The second-order valence-electron chi connectivity index (χ2n) is 8.61. The minimum absolute atomic E-state index is 0.0639. The number of carbonyl (C=O) groups is 1. The molecule has 3 aromatic carbocycles. The first-order valence-electron chi connectivity index (χ1n) is 10.6. The summed E-state index contributed by atoms with van der Waals surface area (Å²) in [4.78, 5) is 16.8. The number of alkyl halides is 3. The normalized spacial score (nSPS) is 13.5. The molecule has 4 nitrogen and oxygen atoms in total. The largest absolute Gasteiger partial charge is 0.573 e. The van der Waals surface area contributed by atoms with Crippen molar-refractivity contribution in [1.29, 1.82) is 0 Å². The molecule has 1 aliphatic heterocycles. The number of halogens is 3. The molecule has 1 amide bonds. The van der Waals surface area contributed by atoms with Crippen LogP contribution in [0.15, 0.2) is 60.7 Å². The Bertz CT molecular complexity index is 1150. The molecule has 0 unspecified atom stereocenters. The number of ether oxygens (including phenoxy) is 1. The van der Waals surface area contributed by atoms with Gasteiger partial charge in [0, 0.05) is 25.2 Å². The van der Waals surface area contributed by atoms with Gasteiger partial charge in [-0.1, -0.05) is 42.5 Å². The summed E-state index contributed by atoms with van der Waals surface area (Å²) in [6.07, 6.45) is -4.73. The van der Waals surface area contributed by atoms with E-state index < -0.39 is 6.36 Å². The van der Waals surface area contributed by atoms with Gasteiger partial charge in [0.25, 0.3) is 5.91 Å². The molecule has 0 saturated carbocycles. The molecule has 0 atom stereocenters. The first kappa shape index (κ1) is 22.9. The van der Waals surface area contributed by atoms with E-state index >= 15 is 0 Å². The number of amides is 1. The smallest absolute Gasteiger partial charge is 0.406 e. The van der Waals surface area contributed by atoms with E-state index in [1.807, 2.05) is 27.1 Å². The highest BCUT2D eigenvalue weighted by molar-refractivity contribution is 6.00. The van der Waals surface area contributed by atoms with E-state index in [9.17, 15) is 18.0 Å². The van der Waals surface area contributed by atoms with E-state index in [1.165, 1.54) is 17.7 Å². The second kappa shape index (κ2) is 8.90. The molecular weight excluding hydrogens is 429 g/mol. The molecule has 7 heteroatoms. The van der Waals surface area contributed by atoms with Gasteiger partial charge in [-0.15, -0.1) is 13.2 Å². The predicted octanol–water partition coefficient (Wildman–Crippen LogP) is 5.78. The standard InChI is InChI=1S/C26H25F3N2O2/c1-17-12-21(20-8-4-18(5-9-20)14-30(2)3)13-22-16-31(25(32)24(17)22)15-19-6-10-23(11-7-19)33-26(27,28)29/h4-13H,14-16H2,1-3H3. The lowest BCUT2D eigenvalue weighted by Crippen LogP contribution is -2.23. The van der Waals surface area contributed by atoms with Crippen LogP contribution in [0.5, 0.6) is 5.75 Å². The Morgan fingerprint density at radius 1 is 0.939 bits per heavy atom. The topological polar surface area (TPSA) is 32.8 Å². The number of fused-ring (bicyclic) bond motifs is 1. The molecule has 1 aliphatic rings. The van der Waals surface area contributed by atoms with E-state index in [1.54, 1.807) is 17.0 Å². The molecule has 0 radical (unpaired) electrons.